The molecule has 23 heavy (non-hydrogen) atoms. The van der Waals surface area contributed by atoms with Gasteiger partial charge in [-0.05, 0) is 47.7 Å². The van der Waals surface area contributed by atoms with Crippen LogP contribution in [0.25, 0.3) is 11.1 Å². The molecule has 120 valence electrons. The van der Waals surface area contributed by atoms with E-state index in [1.165, 1.54) is 0 Å². The number of benzene rings is 2. The Morgan fingerprint density at radius 2 is 1.78 bits per heavy atom. The fraction of sp³-hybridized carbons (Fsp3) is 0.316. The second-order valence-corrected chi connectivity index (χ2v) is 5.80. The van der Waals surface area contributed by atoms with Gasteiger partial charge in [-0.3, -0.25) is 4.79 Å². The van der Waals surface area contributed by atoms with E-state index in [4.69, 9.17) is 4.74 Å². The van der Waals surface area contributed by atoms with Crippen LogP contribution in [0.2, 0.25) is 0 Å². The van der Waals surface area contributed by atoms with Gasteiger partial charge in [0, 0.05) is 24.8 Å². The molecule has 1 saturated heterocycles. The van der Waals surface area contributed by atoms with E-state index >= 15 is 0 Å². The lowest BCUT2D eigenvalue weighted by molar-refractivity contribution is 0.0696. The highest BCUT2D eigenvalue weighted by molar-refractivity contribution is 5.95. The molecule has 2 aromatic carbocycles. The summed E-state index contributed by atoms with van der Waals surface area (Å²) in [6, 6.07) is 15.5. The predicted molar refractivity (Wildman–Crippen MR) is 89.1 cm³/mol. The monoisotopic (exact) mass is 311 g/mol. The number of aliphatic hydroxyl groups excluding tert-OH is 1. The normalized spacial score (nSPS) is 15.3. The van der Waals surface area contributed by atoms with Crippen molar-refractivity contribution in [2.24, 2.45) is 0 Å². The van der Waals surface area contributed by atoms with E-state index in [2.05, 4.69) is 5.32 Å². The minimum absolute atomic E-state index is 0.0117. The molecule has 4 heteroatoms. The van der Waals surface area contributed by atoms with Gasteiger partial charge in [-0.25, -0.2) is 0 Å². The Morgan fingerprint density at radius 3 is 2.52 bits per heavy atom. The van der Waals surface area contributed by atoms with E-state index in [9.17, 15) is 9.90 Å². The topological polar surface area (TPSA) is 58.6 Å². The van der Waals surface area contributed by atoms with Crippen molar-refractivity contribution in [3.8, 4) is 11.1 Å². The van der Waals surface area contributed by atoms with E-state index in [0.717, 1.165) is 29.5 Å². The van der Waals surface area contributed by atoms with Crippen LogP contribution in [0, 0.1) is 0 Å². The maximum atomic E-state index is 12.4. The zero-order valence-corrected chi connectivity index (χ0v) is 13.0. The van der Waals surface area contributed by atoms with Gasteiger partial charge in [0.25, 0.3) is 5.91 Å². The lowest BCUT2D eigenvalue weighted by Gasteiger charge is -2.23. The average molecular weight is 311 g/mol. The molecular weight excluding hydrogens is 290 g/mol. The van der Waals surface area contributed by atoms with E-state index in [0.29, 0.717) is 18.8 Å². The third-order valence-electron chi connectivity index (χ3n) is 4.12. The molecule has 2 N–H and O–H groups in total. The summed E-state index contributed by atoms with van der Waals surface area (Å²) in [5.74, 6) is -0.0444. The largest absolute Gasteiger partial charge is 0.392 e. The first-order valence-electron chi connectivity index (χ1n) is 7.95. The molecule has 1 heterocycles. The molecule has 3 rings (SSSR count). The third-order valence-corrected chi connectivity index (χ3v) is 4.12. The van der Waals surface area contributed by atoms with Crippen molar-refractivity contribution >= 4 is 5.91 Å². The number of carbonyl (C=O) groups is 1. The van der Waals surface area contributed by atoms with Crippen LogP contribution < -0.4 is 5.32 Å². The number of ether oxygens (including phenoxy) is 1. The van der Waals surface area contributed by atoms with Crippen LogP contribution in [0.1, 0.15) is 28.8 Å². The molecule has 1 aliphatic rings. The summed E-state index contributed by atoms with van der Waals surface area (Å²) in [5.41, 5.74) is 3.49. The first-order chi connectivity index (χ1) is 11.3. The van der Waals surface area contributed by atoms with Crippen LogP contribution in [-0.4, -0.2) is 30.3 Å². The van der Waals surface area contributed by atoms with Crippen molar-refractivity contribution in [3.05, 3.63) is 59.7 Å². The summed E-state index contributed by atoms with van der Waals surface area (Å²) < 4.78 is 5.31. The second kappa shape index (κ2) is 7.40. The second-order valence-electron chi connectivity index (χ2n) is 5.80. The molecule has 0 radical (unpaired) electrons. The smallest absolute Gasteiger partial charge is 0.251 e. The number of amides is 1. The van der Waals surface area contributed by atoms with Gasteiger partial charge in [-0.15, -0.1) is 0 Å². The van der Waals surface area contributed by atoms with Gasteiger partial charge in [0.05, 0.1) is 6.61 Å². The van der Waals surface area contributed by atoms with Gasteiger partial charge in [-0.2, -0.15) is 0 Å². The van der Waals surface area contributed by atoms with Crippen molar-refractivity contribution in [1.29, 1.82) is 0 Å². The quantitative estimate of drug-likeness (QED) is 0.913. The fourth-order valence-corrected chi connectivity index (χ4v) is 2.80. The minimum Gasteiger partial charge on any atom is -0.392 e. The molecule has 1 amide bonds. The summed E-state index contributed by atoms with van der Waals surface area (Å²) in [6.45, 7) is 1.43. The molecule has 0 aromatic heterocycles. The van der Waals surface area contributed by atoms with Crippen LogP contribution in [-0.2, 0) is 11.3 Å². The zero-order valence-electron chi connectivity index (χ0n) is 13.0. The Bertz CT molecular complexity index is 678. The lowest BCUT2D eigenvalue weighted by atomic mass is 10.0. The van der Waals surface area contributed by atoms with E-state index < -0.39 is 0 Å². The maximum Gasteiger partial charge on any atom is 0.251 e. The van der Waals surface area contributed by atoms with Crippen molar-refractivity contribution in [2.45, 2.75) is 25.5 Å². The molecule has 0 bridgehead atoms. The van der Waals surface area contributed by atoms with E-state index in [1.807, 2.05) is 48.5 Å². The number of aliphatic hydroxyl groups is 1. The van der Waals surface area contributed by atoms with Crippen LogP contribution in [0.5, 0.6) is 0 Å². The minimum atomic E-state index is -0.0444. The highest BCUT2D eigenvalue weighted by atomic mass is 16.5. The van der Waals surface area contributed by atoms with Gasteiger partial charge in [0.2, 0.25) is 0 Å². The summed E-state index contributed by atoms with van der Waals surface area (Å²) in [6.07, 6.45) is 1.73. The Labute approximate surface area is 136 Å². The van der Waals surface area contributed by atoms with E-state index in [1.54, 1.807) is 0 Å². The van der Waals surface area contributed by atoms with Crippen LogP contribution >= 0.6 is 0 Å². The highest BCUT2D eigenvalue weighted by Crippen LogP contribution is 2.22. The van der Waals surface area contributed by atoms with Crippen molar-refractivity contribution in [1.82, 2.24) is 5.32 Å². The first-order valence-corrected chi connectivity index (χ1v) is 7.95. The third kappa shape index (κ3) is 3.97. The summed E-state index contributed by atoms with van der Waals surface area (Å²) in [5, 5.41) is 12.3. The zero-order chi connectivity index (χ0) is 16.1. The Balaban J connectivity index is 1.77. The molecule has 1 fully saturated rings. The standard InChI is InChI=1S/C19H21NO3/c21-13-14-3-1-4-15(11-14)16-5-2-6-17(12-16)19(22)20-18-7-9-23-10-8-18/h1-6,11-12,18,21H,7-10,13H2,(H,20,22). The molecule has 0 spiro atoms. The van der Waals surface area contributed by atoms with Gasteiger partial charge in [-0.1, -0.05) is 30.3 Å². The maximum absolute atomic E-state index is 12.4. The average Bonchev–Trinajstić information content (AvgIpc) is 2.63. The highest BCUT2D eigenvalue weighted by Gasteiger charge is 2.17. The number of rotatable bonds is 4. The molecular formula is C19H21NO3. The van der Waals surface area contributed by atoms with Crippen LogP contribution in [0.4, 0.5) is 0 Å². The number of nitrogens with one attached hydrogen (secondary N) is 1. The number of hydrogen-bond donors (Lipinski definition) is 2. The predicted octanol–water partition coefficient (Wildman–Crippen LogP) is 2.75. The van der Waals surface area contributed by atoms with E-state index in [-0.39, 0.29) is 18.6 Å². The summed E-state index contributed by atoms with van der Waals surface area (Å²) in [4.78, 5) is 12.4. The van der Waals surface area contributed by atoms with Gasteiger partial charge in [0.1, 0.15) is 0 Å². The molecule has 0 atom stereocenters. The number of carbonyl (C=O) groups excluding carboxylic acids is 1. The molecule has 0 unspecified atom stereocenters. The molecule has 4 nitrogen and oxygen atoms in total. The Hall–Kier alpha value is -2.17. The van der Waals surface area contributed by atoms with Crippen molar-refractivity contribution in [2.75, 3.05) is 13.2 Å². The summed E-state index contributed by atoms with van der Waals surface area (Å²) >= 11 is 0. The Morgan fingerprint density at radius 1 is 1.09 bits per heavy atom. The molecule has 1 aliphatic heterocycles. The van der Waals surface area contributed by atoms with Crippen LogP contribution in [0.3, 0.4) is 0 Å². The van der Waals surface area contributed by atoms with Crippen molar-refractivity contribution < 1.29 is 14.6 Å². The first kappa shape index (κ1) is 15.7. The summed E-state index contributed by atoms with van der Waals surface area (Å²) in [7, 11) is 0. The fourth-order valence-electron chi connectivity index (χ4n) is 2.80. The van der Waals surface area contributed by atoms with Gasteiger partial charge in [0.15, 0.2) is 0 Å². The van der Waals surface area contributed by atoms with Crippen molar-refractivity contribution in [3.63, 3.8) is 0 Å². The number of hydrogen-bond acceptors (Lipinski definition) is 3. The SMILES string of the molecule is O=C(NC1CCOCC1)c1cccc(-c2cccc(CO)c2)c1. The van der Waals surface area contributed by atoms with Gasteiger partial charge >= 0.3 is 0 Å². The molecule has 0 aliphatic carbocycles. The Kier molecular flexibility index (Phi) is 5.05. The molecule has 0 saturated carbocycles. The lowest BCUT2D eigenvalue weighted by Crippen LogP contribution is -2.38. The van der Waals surface area contributed by atoms with Gasteiger partial charge < -0.3 is 15.2 Å². The van der Waals surface area contributed by atoms with Crippen LogP contribution in [0.15, 0.2) is 48.5 Å². The molecule has 2 aromatic rings.